The van der Waals surface area contributed by atoms with Crippen molar-refractivity contribution in [2.75, 3.05) is 26.4 Å². The third-order valence-corrected chi connectivity index (χ3v) is 4.26. The lowest BCUT2D eigenvalue weighted by Crippen LogP contribution is -2.35. The minimum Gasteiger partial charge on any atom is -0.396 e. The Bertz CT molecular complexity index is 424. The molecule has 0 amide bonds. The number of aliphatic hydroxyl groups is 6. The number of aliphatic hydroxyl groups excluding tert-OH is 4. The molecule has 0 fully saturated rings. The van der Waals surface area contributed by atoms with Crippen LogP contribution in [0.2, 0.25) is 0 Å². The quantitative estimate of drug-likeness (QED) is 0.297. The molecule has 30 heavy (non-hydrogen) atoms. The maximum Gasteiger partial charge on any atom is 0.373 e. The van der Waals surface area contributed by atoms with Gasteiger partial charge in [-0.2, -0.15) is 9.59 Å². The first-order valence-corrected chi connectivity index (χ1v) is 9.86. The average Bonchev–Trinajstić information content (AvgIpc) is 2.75. The zero-order valence-electron chi connectivity index (χ0n) is 19.8. The molecule has 1 unspecified atom stereocenters. The highest BCUT2D eigenvalue weighted by atomic mass is 16.4. The Morgan fingerprint density at radius 2 is 1.13 bits per heavy atom. The van der Waals surface area contributed by atoms with Crippen LogP contribution < -0.4 is 0 Å². The van der Waals surface area contributed by atoms with Crippen molar-refractivity contribution in [2.45, 2.75) is 79.4 Å². The van der Waals surface area contributed by atoms with Gasteiger partial charge in [-0.3, -0.25) is 0 Å². The molecule has 0 heterocycles. The highest BCUT2D eigenvalue weighted by molar-refractivity contribution is 5.47. The van der Waals surface area contributed by atoms with Gasteiger partial charge in [0.25, 0.3) is 0 Å². The summed E-state index contributed by atoms with van der Waals surface area (Å²) in [6.45, 7) is 14.3. The summed E-state index contributed by atoms with van der Waals surface area (Å²) in [6, 6.07) is 0. The maximum atomic E-state index is 9.58. The molecule has 0 aliphatic rings. The van der Waals surface area contributed by atoms with E-state index in [1.807, 2.05) is 34.6 Å². The molecule has 0 radical (unpaired) electrons. The monoisotopic (exact) mass is 440 g/mol. The van der Waals surface area contributed by atoms with E-state index in [2.05, 4.69) is 6.92 Å². The second kappa shape index (κ2) is 23.9. The maximum absolute atomic E-state index is 9.58. The van der Waals surface area contributed by atoms with Crippen molar-refractivity contribution < 1.29 is 45.0 Å². The highest BCUT2D eigenvalue weighted by Gasteiger charge is 2.28. The Hall–Kier alpha value is -1.41. The third kappa shape index (κ3) is 26.6. The summed E-state index contributed by atoms with van der Waals surface area (Å²) >= 11 is 0. The van der Waals surface area contributed by atoms with Crippen LogP contribution in [0.5, 0.6) is 0 Å². The first kappa shape index (κ1) is 39.1. The molecule has 0 saturated carbocycles. The topological polar surface area (TPSA) is 173 Å². The Kier molecular flexibility index (Phi) is 31.1. The van der Waals surface area contributed by atoms with E-state index in [1.165, 1.54) is 5.94 Å². The van der Waals surface area contributed by atoms with E-state index in [9.17, 15) is 4.79 Å². The van der Waals surface area contributed by atoms with E-state index in [0.717, 1.165) is 12.8 Å². The van der Waals surface area contributed by atoms with Crippen LogP contribution >= 0.6 is 0 Å². The van der Waals surface area contributed by atoms with Gasteiger partial charge in [-0.1, -0.05) is 48.0 Å². The number of carbonyl (C=O) groups excluding carboxylic acids is 3. The van der Waals surface area contributed by atoms with Crippen molar-refractivity contribution in [3.63, 3.8) is 0 Å². The summed E-state index contributed by atoms with van der Waals surface area (Å²) < 4.78 is 0. The van der Waals surface area contributed by atoms with E-state index in [4.69, 9.17) is 40.2 Å². The zero-order valence-corrected chi connectivity index (χ0v) is 19.8. The molecule has 0 bridgehead atoms. The molecular formula is C21H44O9. The molecule has 0 aromatic rings. The van der Waals surface area contributed by atoms with Crippen molar-refractivity contribution in [1.82, 2.24) is 0 Å². The van der Waals surface area contributed by atoms with Gasteiger partial charge in [0.2, 0.25) is 0 Å². The largest absolute Gasteiger partial charge is 0.396 e. The van der Waals surface area contributed by atoms with Gasteiger partial charge in [-0.25, -0.2) is 4.79 Å². The fourth-order valence-corrected chi connectivity index (χ4v) is 1.11. The van der Waals surface area contributed by atoms with Crippen LogP contribution in [0.25, 0.3) is 0 Å². The Labute approximate surface area is 181 Å². The van der Waals surface area contributed by atoms with Gasteiger partial charge in [0.05, 0.1) is 32.0 Å². The van der Waals surface area contributed by atoms with Crippen molar-refractivity contribution >= 4 is 12.1 Å². The fourth-order valence-electron chi connectivity index (χ4n) is 1.11. The van der Waals surface area contributed by atoms with Crippen LogP contribution in [0.4, 0.5) is 0 Å². The van der Waals surface area contributed by atoms with Crippen LogP contribution in [0.3, 0.4) is 0 Å². The van der Waals surface area contributed by atoms with E-state index < -0.39 is 24.4 Å². The van der Waals surface area contributed by atoms with Gasteiger partial charge in [-0.05, 0) is 26.2 Å². The van der Waals surface area contributed by atoms with Crippen LogP contribution in [0.1, 0.15) is 68.2 Å². The summed E-state index contributed by atoms with van der Waals surface area (Å²) in [5.41, 5.74) is -2.56. The predicted octanol–water partition coefficient (Wildman–Crippen LogP) is 0.723. The van der Waals surface area contributed by atoms with Crippen molar-refractivity contribution in [2.24, 2.45) is 11.3 Å². The molecule has 182 valence electrons. The first-order valence-electron chi connectivity index (χ1n) is 9.86. The number of hydrogen-bond acceptors (Lipinski definition) is 9. The van der Waals surface area contributed by atoms with Gasteiger partial charge in [0.15, 0.2) is 0 Å². The summed E-state index contributed by atoms with van der Waals surface area (Å²) in [7, 11) is 0. The molecule has 9 heteroatoms. The van der Waals surface area contributed by atoms with E-state index in [1.54, 1.807) is 13.8 Å². The molecule has 0 saturated heterocycles. The molecule has 9 nitrogen and oxygen atoms in total. The Morgan fingerprint density at radius 3 is 1.20 bits per heavy atom. The third-order valence-electron chi connectivity index (χ3n) is 4.26. The Balaban J connectivity index is -0.0000000958. The first-order chi connectivity index (χ1) is 13.8. The van der Waals surface area contributed by atoms with Crippen LogP contribution in [-0.4, -0.2) is 80.4 Å². The molecule has 0 aromatic carbocycles. The summed E-state index contributed by atoms with van der Waals surface area (Å²) in [5.74, 6) is 1.64. The Morgan fingerprint density at radius 1 is 0.833 bits per heavy atom. The van der Waals surface area contributed by atoms with Crippen LogP contribution in [0.15, 0.2) is 6.08 Å². The molecule has 0 aromatic heterocycles. The zero-order chi connectivity index (χ0) is 25.4. The van der Waals surface area contributed by atoms with Crippen molar-refractivity contribution in [3.8, 4) is 0 Å². The fraction of sp³-hybridized carbons (Fsp3) is 0.857. The number of hydrogen-bond donors (Lipinski definition) is 6. The molecule has 0 rings (SSSR count). The van der Waals surface area contributed by atoms with Gasteiger partial charge < -0.3 is 30.6 Å². The molecule has 6 N–H and O–H groups in total. The SMILES string of the molecule is CC.CCC(C)(C)O.CCC(C)C(C)(CO)CO.O=C=CC(O)(CO)CO.O=C=O. The van der Waals surface area contributed by atoms with Crippen molar-refractivity contribution in [3.05, 3.63) is 6.08 Å². The minimum absolute atomic E-state index is 0.0680. The molecule has 0 aliphatic heterocycles. The summed E-state index contributed by atoms with van der Waals surface area (Å²) in [6.07, 6.45) is 2.75. The van der Waals surface area contributed by atoms with Gasteiger partial charge in [0, 0.05) is 11.5 Å². The molecule has 1 atom stereocenters. The van der Waals surface area contributed by atoms with Crippen molar-refractivity contribution in [1.29, 1.82) is 0 Å². The van der Waals surface area contributed by atoms with E-state index in [-0.39, 0.29) is 24.8 Å². The van der Waals surface area contributed by atoms with Crippen LogP contribution in [-0.2, 0) is 14.4 Å². The van der Waals surface area contributed by atoms with E-state index >= 15 is 0 Å². The lowest BCUT2D eigenvalue weighted by molar-refractivity contribution is -0.191. The predicted molar refractivity (Wildman–Crippen MR) is 114 cm³/mol. The lowest BCUT2D eigenvalue weighted by Gasteiger charge is -2.30. The molecular weight excluding hydrogens is 396 g/mol. The average molecular weight is 441 g/mol. The second-order valence-electron chi connectivity index (χ2n) is 7.21. The molecule has 0 spiro atoms. The van der Waals surface area contributed by atoms with E-state index in [0.29, 0.717) is 12.0 Å². The second-order valence-corrected chi connectivity index (χ2v) is 7.21. The number of rotatable bonds is 8. The smallest absolute Gasteiger partial charge is 0.373 e. The summed E-state index contributed by atoms with van der Waals surface area (Å²) in [4.78, 5) is 25.8. The van der Waals surface area contributed by atoms with Gasteiger partial charge >= 0.3 is 6.15 Å². The molecule has 0 aliphatic carbocycles. The normalized spacial score (nSPS) is 11.1. The van der Waals surface area contributed by atoms with Gasteiger partial charge in [-0.15, -0.1) is 0 Å². The standard InChI is InChI=1S/C8H18O2.C5H8O4.C5H12O.C2H6.CO2/c1-4-7(2)8(3,5-9)6-10;6-2-1-5(9,3-7)4-8;1-4-5(2,3)6;1-2;2-1-3/h7,9-10H,4-6H2,1-3H3;1,7-9H,3-4H2;6H,4H2,1-3H3;1-2H3;. The van der Waals surface area contributed by atoms with Gasteiger partial charge in [0.1, 0.15) is 11.5 Å². The summed E-state index contributed by atoms with van der Waals surface area (Å²) in [5, 5.41) is 52.1. The minimum atomic E-state index is -1.80. The lowest BCUT2D eigenvalue weighted by atomic mass is 9.78. The van der Waals surface area contributed by atoms with Crippen LogP contribution in [0, 0.1) is 11.3 Å². The highest BCUT2D eigenvalue weighted by Crippen LogP contribution is 2.27.